The second-order valence-electron chi connectivity index (χ2n) is 3.83. The van der Waals surface area contributed by atoms with E-state index in [1.54, 1.807) is 0 Å². The molecule has 1 aliphatic carbocycles. The Labute approximate surface area is 85.7 Å². The van der Waals surface area contributed by atoms with Gasteiger partial charge in [0.05, 0.1) is 0 Å². The SMILES string of the molecule is O=C1CCC(c2nc(C3CC3)no2)=NN1. The Bertz CT molecular complexity index is 433. The molecular formula is C9H10N4O2. The third kappa shape index (κ3) is 1.62. The summed E-state index contributed by atoms with van der Waals surface area (Å²) >= 11 is 0. The van der Waals surface area contributed by atoms with Crippen LogP contribution in [0.5, 0.6) is 0 Å². The van der Waals surface area contributed by atoms with Crippen LogP contribution in [-0.4, -0.2) is 21.8 Å². The number of hydrazone groups is 1. The largest absolute Gasteiger partial charge is 0.333 e. The zero-order valence-corrected chi connectivity index (χ0v) is 8.06. The van der Waals surface area contributed by atoms with Crippen molar-refractivity contribution in [1.29, 1.82) is 0 Å². The molecule has 1 saturated carbocycles. The topological polar surface area (TPSA) is 80.4 Å². The molecule has 0 atom stereocenters. The highest BCUT2D eigenvalue weighted by molar-refractivity contribution is 6.00. The Morgan fingerprint density at radius 3 is 2.87 bits per heavy atom. The number of nitrogens with zero attached hydrogens (tertiary/aromatic N) is 3. The molecule has 6 heteroatoms. The summed E-state index contributed by atoms with van der Waals surface area (Å²) in [5, 5.41) is 7.79. The van der Waals surface area contributed by atoms with Crippen molar-refractivity contribution in [1.82, 2.24) is 15.6 Å². The number of hydrogen-bond acceptors (Lipinski definition) is 5. The molecule has 0 bridgehead atoms. The molecule has 0 spiro atoms. The summed E-state index contributed by atoms with van der Waals surface area (Å²) in [4.78, 5) is 15.1. The quantitative estimate of drug-likeness (QED) is 0.766. The molecule has 2 heterocycles. The molecule has 3 rings (SSSR count). The minimum atomic E-state index is -0.0688. The molecule has 0 aromatic carbocycles. The van der Waals surface area contributed by atoms with Crippen LogP contribution in [-0.2, 0) is 4.79 Å². The standard InChI is InChI=1S/C9H10N4O2/c14-7-4-3-6(11-12-7)9-10-8(13-15-9)5-1-2-5/h5H,1-4H2,(H,12,14). The maximum Gasteiger partial charge on any atom is 0.274 e. The lowest BCUT2D eigenvalue weighted by molar-refractivity contribution is -0.121. The van der Waals surface area contributed by atoms with Crippen molar-refractivity contribution in [3.8, 4) is 0 Å². The lowest BCUT2D eigenvalue weighted by atomic mass is 10.2. The molecule has 6 nitrogen and oxygen atoms in total. The van der Waals surface area contributed by atoms with E-state index in [1.165, 1.54) is 0 Å². The van der Waals surface area contributed by atoms with Gasteiger partial charge in [-0.25, -0.2) is 5.43 Å². The highest BCUT2D eigenvalue weighted by Crippen LogP contribution is 2.38. The van der Waals surface area contributed by atoms with Gasteiger partial charge in [0.1, 0.15) is 5.71 Å². The van der Waals surface area contributed by atoms with Gasteiger partial charge in [-0.2, -0.15) is 10.1 Å². The fraction of sp³-hybridized carbons (Fsp3) is 0.556. The Hall–Kier alpha value is -1.72. The summed E-state index contributed by atoms with van der Waals surface area (Å²) < 4.78 is 5.10. The number of carbonyl (C=O) groups excluding carboxylic acids is 1. The van der Waals surface area contributed by atoms with Crippen LogP contribution in [0.3, 0.4) is 0 Å². The van der Waals surface area contributed by atoms with Gasteiger partial charge < -0.3 is 4.52 Å². The fourth-order valence-corrected chi connectivity index (χ4v) is 1.49. The lowest BCUT2D eigenvalue weighted by Gasteiger charge is -2.07. The maximum atomic E-state index is 10.9. The third-order valence-electron chi connectivity index (χ3n) is 2.54. The monoisotopic (exact) mass is 206 g/mol. The summed E-state index contributed by atoms with van der Waals surface area (Å²) in [6, 6.07) is 0. The van der Waals surface area contributed by atoms with Crippen molar-refractivity contribution in [2.24, 2.45) is 5.10 Å². The van der Waals surface area contributed by atoms with Crippen molar-refractivity contribution in [3.63, 3.8) is 0 Å². The van der Waals surface area contributed by atoms with Crippen LogP contribution in [0.15, 0.2) is 9.62 Å². The third-order valence-corrected chi connectivity index (χ3v) is 2.54. The van der Waals surface area contributed by atoms with Gasteiger partial charge in [0.25, 0.3) is 5.89 Å². The molecule has 1 fully saturated rings. The van der Waals surface area contributed by atoms with Gasteiger partial charge in [0, 0.05) is 18.8 Å². The zero-order valence-electron chi connectivity index (χ0n) is 8.06. The fourth-order valence-electron chi connectivity index (χ4n) is 1.49. The Morgan fingerprint density at radius 2 is 2.20 bits per heavy atom. The normalized spacial score (nSPS) is 21.1. The first-order valence-electron chi connectivity index (χ1n) is 5.02. The number of hydrogen-bond donors (Lipinski definition) is 1. The van der Waals surface area contributed by atoms with Crippen LogP contribution >= 0.6 is 0 Å². The van der Waals surface area contributed by atoms with Gasteiger partial charge in [-0.15, -0.1) is 0 Å². The minimum Gasteiger partial charge on any atom is -0.333 e. The first-order valence-corrected chi connectivity index (χ1v) is 5.02. The van der Waals surface area contributed by atoms with E-state index in [4.69, 9.17) is 4.52 Å². The van der Waals surface area contributed by atoms with E-state index in [2.05, 4.69) is 20.7 Å². The van der Waals surface area contributed by atoms with E-state index < -0.39 is 0 Å². The lowest BCUT2D eigenvalue weighted by Crippen LogP contribution is -2.26. The van der Waals surface area contributed by atoms with Crippen molar-refractivity contribution in [2.75, 3.05) is 0 Å². The number of nitrogens with one attached hydrogen (secondary N) is 1. The van der Waals surface area contributed by atoms with Crippen LogP contribution in [0.4, 0.5) is 0 Å². The van der Waals surface area contributed by atoms with Crippen molar-refractivity contribution >= 4 is 11.6 Å². The van der Waals surface area contributed by atoms with E-state index in [1.807, 2.05) is 0 Å². The van der Waals surface area contributed by atoms with Gasteiger partial charge in [-0.1, -0.05) is 5.16 Å². The van der Waals surface area contributed by atoms with Crippen LogP contribution in [0, 0.1) is 0 Å². The summed E-state index contributed by atoms with van der Waals surface area (Å²) in [6.45, 7) is 0. The Kier molecular flexibility index (Phi) is 1.80. The Balaban J connectivity index is 1.82. The van der Waals surface area contributed by atoms with Crippen molar-refractivity contribution < 1.29 is 9.32 Å². The molecule has 1 aliphatic heterocycles. The average Bonchev–Trinajstić information content (AvgIpc) is 2.99. The van der Waals surface area contributed by atoms with Crippen molar-refractivity contribution in [2.45, 2.75) is 31.6 Å². The minimum absolute atomic E-state index is 0.0688. The number of rotatable bonds is 2. The molecule has 78 valence electrons. The summed E-state index contributed by atoms with van der Waals surface area (Å²) in [5.41, 5.74) is 3.08. The molecule has 2 aliphatic rings. The van der Waals surface area contributed by atoms with Gasteiger partial charge >= 0.3 is 0 Å². The molecule has 0 saturated heterocycles. The summed E-state index contributed by atoms with van der Waals surface area (Å²) in [6.07, 6.45) is 3.28. The molecular weight excluding hydrogens is 196 g/mol. The molecule has 1 N–H and O–H groups in total. The van der Waals surface area contributed by atoms with Gasteiger partial charge in [-0.3, -0.25) is 4.79 Å². The van der Waals surface area contributed by atoms with Crippen LogP contribution < -0.4 is 5.43 Å². The van der Waals surface area contributed by atoms with E-state index in [-0.39, 0.29) is 5.91 Å². The number of amides is 1. The summed E-state index contributed by atoms with van der Waals surface area (Å²) in [7, 11) is 0. The predicted octanol–water partition coefficient (Wildman–Crippen LogP) is 0.561. The van der Waals surface area contributed by atoms with Gasteiger partial charge in [-0.05, 0) is 12.8 Å². The van der Waals surface area contributed by atoms with E-state index in [0.29, 0.717) is 30.4 Å². The smallest absolute Gasteiger partial charge is 0.274 e. The molecule has 1 aromatic rings. The first kappa shape index (κ1) is 8.58. The second-order valence-corrected chi connectivity index (χ2v) is 3.83. The molecule has 1 aromatic heterocycles. The highest BCUT2D eigenvalue weighted by Gasteiger charge is 2.30. The van der Waals surface area contributed by atoms with Crippen LogP contribution in [0.25, 0.3) is 0 Å². The van der Waals surface area contributed by atoms with Crippen LogP contribution in [0.2, 0.25) is 0 Å². The second kappa shape index (κ2) is 3.15. The highest BCUT2D eigenvalue weighted by atomic mass is 16.5. The molecule has 1 amide bonds. The van der Waals surface area contributed by atoms with Gasteiger partial charge in [0.2, 0.25) is 5.91 Å². The average molecular weight is 206 g/mol. The van der Waals surface area contributed by atoms with Gasteiger partial charge in [0.15, 0.2) is 5.82 Å². The van der Waals surface area contributed by atoms with Crippen molar-refractivity contribution in [3.05, 3.63) is 11.7 Å². The number of aromatic nitrogens is 2. The van der Waals surface area contributed by atoms with E-state index >= 15 is 0 Å². The van der Waals surface area contributed by atoms with E-state index in [9.17, 15) is 4.79 Å². The summed E-state index contributed by atoms with van der Waals surface area (Å²) in [5.74, 6) is 1.61. The maximum absolute atomic E-state index is 10.9. The molecule has 15 heavy (non-hydrogen) atoms. The first-order chi connectivity index (χ1) is 7.33. The Morgan fingerprint density at radius 1 is 1.33 bits per heavy atom. The molecule has 0 unspecified atom stereocenters. The predicted molar refractivity (Wildman–Crippen MR) is 50.2 cm³/mol. The van der Waals surface area contributed by atoms with Crippen LogP contribution in [0.1, 0.15) is 43.3 Å². The van der Waals surface area contributed by atoms with E-state index in [0.717, 1.165) is 18.7 Å². The molecule has 0 radical (unpaired) electrons. The zero-order chi connectivity index (χ0) is 10.3. The number of carbonyl (C=O) groups is 1.